The molecule has 0 spiro atoms. The molecular formula is C23H27ClFN3O4S. The lowest BCUT2D eigenvalue weighted by atomic mass is 10.1. The first-order valence-electron chi connectivity index (χ1n) is 11.0. The number of benzene rings is 2. The normalized spacial score (nSPS) is 19.7. The van der Waals surface area contributed by atoms with Gasteiger partial charge >= 0.3 is 0 Å². The Balaban J connectivity index is 1.39. The Morgan fingerprint density at radius 3 is 2.61 bits per heavy atom. The first kappa shape index (κ1) is 24.1. The summed E-state index contributed by atoms with van der Waals surface area (Å²) in [5, 5.41) is 0.0566. The van der Waals surface area contributed by atoms with Crippen LogP contribution >= 0.6 is 11.6 Å². The number of carbonyl (C=O) groups excluding carboxylic acids is 1. The SMILES string of the molecule is O=C(c1ccc(Cl)c(S(=O)(=O)NCC2CCCO2)c1)N1CCN(Cc2ccccc2F)CC1. The van der Waals surface area contributed by atoms with E-state index in [0.29, 0.717) is 44.9 Å². The molecule has 2 aromatic rings. The molecule has 1 N–H and O–H groups in total. The topological polar surface area (TPSA) is 78.9 Å². The lowest BCUT2D eigenvalue weighted by Crippen LogP contribution is -2.48. The third-order valence-corrected chi connectivity index (χ3v) is 7.91. The summed E-state index contributed by atoms with van der Waals surface area (Å²) in [5.74, 6) is -0.494. The van der Waals surface area contributed by atoms with Crippen molar-refractivity contribution in [3.8, 4) is 0 Å². The fourth-order valence-corrected chi connectivity index (χ4v) is 5.68. The maximum absolute atomic E-state index is 13.9. The second-order valence-electron chi connectivity index (χ2n) is 8.29. The van der Waals surface area contributed by atoms with E-state index in [0.717, 1.165) is 12.8 Å². The van der Waals surface area contributed by atoms with Crippen molar-refractivity contribution in [1.82, 2.24) is 14.5 Å². The van der Waals surface area contributed by atoms with E-state index in [1.54, 1.807) is 23.1 Å². The highest BCUT2D eigenvalue weighted by atomic mass is 35.5. The van der Waals surface area contributed by atoms with Crippen molar-refractivity contribution in [2.75, 3.05) is 39.3 Å². The van der Waals surface area contributed by atoms with Crippen LogP contribution in [0.4, 0.5) is 4.39 Å². The molecule has 2 aliphatic rings. The van der Waals surface area contributed by atoms with Crippen LogP contribution in [0.5, 0.6) is 0 Å². The van der Waals surface area contributed by atoms with Gasteiger partial charge in [-0.15, -0.1) is 0 Å². The van der Waals surface area contributed by atoms with E-state index >= 15 is 0 Å². The molecule has 0 aliphatic carbocycles. The zero-order valence-electron chi connectivity index (χ0n) is 18.2. The van der Waals surface area contributed by atoms with Crippen molar-refractivity contribution < 1.29 is 22.3 Å². The number of hydrogen-bond acceptors (Lipinski definition) is 5. The number of nitrogens with one attached hydrogen (secondary N) is 1. The van der Waals surface area contributed by atoms with Crippen molar-refractivity contribution in [1.29, 1.82) is 0 Å². The number of sulfonamides is 1. The van der Waals surface area contributed by atoms with Crippen LogP contribution in [0.1, 0.15) is 28.8 Å². The highest BCUT2D eigenvalue weighted by Gasteiger charge is 2.26. The first-order valence-corrected chi connectivity index (χ1v) is 12.9. The molecule has 7 nitrogen and oxygen atoms in total. The van der Waals surface area contributed by atoms with Gasteiger partial charge in [-0.25, -0.2) is 17.5 Å². The van der Waals surface area contributed by atoms with Gasteiger partial charge in [0.1, 0.15) is 10.7 Å². The van der Waals surface area contributed by atoms with E-state index in [1.807, 2.05) is 0 Å². The van der Waals surface area contributed by atoms with Crippen molar-refractivity contribution in [3.63, 3.8) is 0 Å². The standard InChI is InChI=1S/C23H27ClFN3O4S/c24-20-8-7-17(14-22(20)33(30,31)26-15-19-5-3-13-32-19)23(29)28-11-9-27(10-12-28)16-18-4-1-2-6-21(18)25/h1-2,4,6-8,14,19,26H,3,5,9-13,15-16H2. The molecule has 0 radical (unpaired) electrons. The van der Waals surface area contributed by atoms with Crippen LogP contribution in [0.3, 0.4) is 0 Å². The molecule has 1 amide bonds. The van der Waals surface area contributed by atoms with E-state index in [2.05, 4.69) is 9.62 Å². The van der Waals surface area contributed by atoms with Crippen LogP contribution in [0.2, 0.25) is 5.02 Å². The lowest BCUT2D eigenvalue weighted by molar-refractivity contribution is 0.0626. The summed E-state index contributed by atoms with van der Waals surface area (Å²) >= 11 is 6.16. The maximum atomic E-state index is 13.9. The van der Waals surface area contributed by atoms with Crippen LogP contribution in [0.15, 0.2) is 47.4 Å². The molecule has 2 aromatic carbocycles. The Kier molecular flexibility index (Phi) is 7.65. The molecule has 1 unspecified atom stereocenters. The number of halogens is 2. The van der Waals surface area contributed by atoms with E-state index in [1.165, 1.54) is 24.3 Å². The van der Waals surface area contributed by atoms with Gasteiger partial charge in [0.25, 0.3) is 5.91 Å². The zero-order valence-corrected chi connectivity index (χ0v) is 19.7. The number of hydrogen-bond donors (Lipinski definition) is 1. The molecule has 2 heterocycles. The number of nitrogens with zero attached hydrogens (tertiary/aromatic N) is 2. The van der Waals surface area contributed by atoms with Gasteiger partial charge in [0, 0.05) is 57.0 Å². The predicted octanol–water partition coefficient (Wildman–Crippen LogP) is 2.89. The number of amides is 1. The molecule has 10 heteroatoms. The average Bonchev–Trinajstić information content (AvgIpc) is 3.33. The number of ether oxygens (including phenoxy) is 1. The molecule has 33 heavy (non-hydrogen) atoms. The summed E-state index contributed by atoms with van der Waals surface area (Å²) in [5.41, 5.74) is 0.889. The Morgan fingerprint density at radius 2 is 1.91 bits per heavy atom. The molecule has 2 fully saturated rings. The van der Waals surface area contributed by atoms with Gasteiger partial charge in [-0.2, -0.15) is 0 Å². The van der Waals surface area contributed by atoms with Crippen LogP contribution in [-0.2, 0) is 21.3 Å². The number of rotatable bonds is 7. The quantitative estimate of drug-likeness (QED) is 0.639. The predicted molar refractivity (Wildman–Crippen MR) is 123 cm³/mol. The van der Waals surface area contributed by atoms with E-state index in [-0.39, 0.29) is 39.9 Å². The van der Waals surface area contributed by atoms with Gasteiger partial charge in [0.15, 0.2) is 0 Å². The Bertz CT molecular complexity index is 1100. The maximum Gasteiger partial charge on any atom is 0.253 e. The van der Waals surface area contributed by atoms with Crippen molar-refractivity contribution >= 4 is 27.5 Å². The number of piperazine rings is 1. The van der Waals surface area contributed by atoms with Crippen molar-refractivity contribution in [3.05, 3.63) is 64.4 Å². The first-order chi connectivity index (χ1) is 15.8. The zero-order chi connectivity index (χ0) is 23.4. The third-order valence-electron chi connectivity index (χ3n) is 6.00. The highest BCUT2D eigenvalue weighted by molar-refractivity contribution is 7.89. The summed E-state index contributed by atoms with van der Waals surface area (Å²) in [4.78, 5) is 16.7. The summed E-state index contributed by atoms with van der Waals surface area (Å²) in [6.45, 7) is 3.41. The van der Waals surface area contributed by atoms with Gasteiger partial charge in [-0.05, 0) is 37.1 Å². The van der Waals surface area contributed by atoms with Crippen molar-refractivity contribution in [2.24, 2.45) is 0 Å². The minimum Gasteiger partial charge on any atom is -0.377 e. The molecule has 0 saturated carbocycles. The second-order valence-corrected chi connectivity index (χ2v) is 10.4. The molecule has 2 saturated heterocycles. The number of carbonyl (C=O) groups is 1. The summed E-state index contributed by atoms with van der Waals surface area (Å²) in [6.07, 6.45) is 1.56. The molecule has 178 valence electrons. The molecular weight excluding hydrogens is 469 g/mol. The summed E-state index contributed by atoms with van der Waals surface area (Å²) in [7, 11) is -3.89. The molecule has 1 atom stereocenters. The largest absolute Gasteiger partial charge is 0.377 e. The molecule has 0 bridgehead atoms. The van der Waals surface area contributed by atoms with Crippen molar-refractivity contribution in [2.45, 2.75) is 30.4 Å². The average molecular weight is 496 g/mol. The van der Waals surface area contributed by atoms with E-state index < -0.39 is 10.0 Å². The van der Waals surface area contributed by atoms with Gasteiger partial charge in [0.05, 0.1) is 11.1 Å². The monoisotopic (exact) mass is 495 g/mol. The Morgan fingerprint density at radius 1 is 1.15 bits per heavy atom. The van der Waals surface area contributed by atoms with Crippen LogP contribution in [0, 0.1) is 5.82 Å². The van der Waals surface area contributed by atoms with Gasteiger partial charge in [-0.3, -0.25) is 9.69 Å². The Labute approximate surface area is 198 Å². The van der Waals surface area contributed by atoms with Crippen LogP contribution in [-0.4, -0.2) is 69.6 Å². The van der Waals surface area contributed by atoms with Gasteiger partial charge in [-0.1, -0.05) is 29.8 Å². The van der Waals surface area contributed by atoms with E-state index in [4.69, 9.17) is 16.3 Å². The fourth-order valence-electron chi connectivity index (χ4n) is 4.09. The molecule has 4 rings (SSSR count). The van der Waals surface area contributed by atoms with Crippen LogP contribution in [0.25, 0.3) is 0 Å². The highest BCUT2D eigenvalue weighted by Crippen LogP contribution is 2.24. The third kappa shape index (κ3) is 5.91. The van der Waals surface area contributed by atoms with Crippen LogP contribution < -0.4 is 4.72 Å². The summed E-state index contributed by atoms with van der Waals surface area (Å²) < 4.78 is 47.5. The molecule has 0 aromatic heterocycles. The second kappa shape index (κ2) is 10.5. The Hall–Kier alpha value is -2.04. The molecule has 2 aliphatic heterocycles. The van der Waals surface area contributed by atoms with E-state index in [9.17, 15) is 17.6 Å². The fraction of sp³-hybridized carbons (Fsp3) is 0.435. The smallest absolute Gasteiger partial charge is 0.253 e. The van der Waals surface area contributed by atoms with Gasteiger partial charge in [0.2, 0.25) is 10.0 Å². The lowest BCUT2D eigenvalue weighted by Gasteiger charge is -2.35. The minimum absolute atomic E-state index is 0.0566. The minimum atomic E-state index is -3.89. The summed E-state index contributed by atoms with van der Waals surface area (Å²) in [6, 6.07) is 11.0. The van der Waals surface area contributed by atoms with Gasteiger partial charge < -0.3 is 9.64 Å².